The summed E-state index contributed by atoms with van der Waals surface area (Å²) in [6.07, 6.45) is 2.24. The van der Waals surface area contributed by atoms with Crippen LogP contribution in [0.15, 0.2) is 28.9 Å². The molecule has 0 saturated heterocycles. The van der Waals surface area contributed by atoms with Crippen molar-refractivity contribution in [2.75, 3.05) is 0 Å². The zero-order valence-corrected chi connectivity index (χ0v) is 10.9. The molecule has 0 amide bonds. The Hall–Kier alpha value is -1.27. The largest absolute Gasteiger partial charge is 0.324 e. The van der Waals surface area contributed by atoms with Crippen molar-refractivity contribution in [3.63, 3.8) is 0 Å². The summed E-state index contributed by atoms with van der Waals surface area (Å²) < 4.78 is 16.0. The maximum absolute atomic E-state index is 13.7. The minimum atomic E-state index is -0.417. The summed E-state index contributed by atoms with van der Waals surface area (Å²) in [4.78, 5) is 0. The van der Waals surface area contributed by atoms with E-state index in [9.17, 15) is 4.39 Å². The predicted molar refractivity (Wildman–Crippen MR) is 65.7 cm³/mol. The maximum atomic E-state index is 13.7. The molecule has 0 bridgehead atoms. The molecule has 2 N–H and O–H groups in total. The fourth-order valence-corrected chi connectivity index (χ4v) is 1.96. The van der Waals surface area contributed by atoms with Gasteiger partial charge in [0.1, 0.15) is 5.82 Å². The molecular weight excluding hydrogens is 287 g/mol. The highest BCUT2D eigenvalue weighted by molar-refractivity contribution is 9.10. The number of benzene rings is 1. The Morgan fingerprint density at radius 2 is 2.29 bits per heavy atom. The Morgan fingerprint density at radius 1 is 1.53 bits per heavy atom. The molecule has 1 aromatic heterocycles. The average Bonchev–Trinajstić information content (AvgIpc) is 2.63. The van der Waals surface area contributed by atoms with Crippen LogP contribution in [0.5, 0.6) is 0 Å². The summed E-state index contributed by atoms with van der Waals surface area (Å²) >= 11 is 3.21. The lowest BCUT2D eigenvalue weighted by molar-refractivity contribution is 0.577. The van der Waals surface area contributed by atoms with E-state index < -0.39 is 6.04 Å². The van der Waals surface area contributed by atoms with Gasteiger partial charge in [0.2, 0.25) is 0 Å². The van der Waals surface area contributed by atoms with E-state index in [0.29, 0.717) is 16.5 Å². The summed E-state index contributed by atoms with van der Waals surface area (Å²) in [6, 6.07) is 4.45. The summed E-state index contributed by atoms with van der Waals surface area (Å²) in [5.74, 6) is -0.309. The van der Waals surface area contributed by atoms with E-state index >= 15 is 0 Å². The number of aromatic nitrogens is 3. The highest BCUT2D eigenvalue weighted by Gasteiger charge is 2.13. The smallest absolute Gasteiger partial charge is 0.129 e. The van der Waals surface area contributed by atoms with Gasteiger partial charge in [-0.15, -0.1) is 5.10 Å². The van der Waals surface area contributed by atoms with Crippen molar-refractivity contribution in [2.45, 2.75) is 12.5 Å². The van der Waals surface area contributed by atoms with Gasteiger partial charge in [-0.2, -0.15) is 0 Å². The van der Waals surface area contributed by atoms with Crippen LogP contribution in [0.1, 0.15) is 17.3 Å². The third-order valence-electron chi connectivity index (χ3n) is 2.44. The first-order valence-corrected chi connectivity index (χ1v) is 5.91. The predicted octanol–water partition coefficient (Wildman–Crippen LogP) is 1.96. The van der Waals surface area contributed by atoms with Gasteiger partial charge >= 0.3 is 0 Å². The van der Waals surface area contributed by atoms with Crippen LogP contribution in [0.25, 0.3) is 0 Å². The molecule has 0 radical (unpaired) electrons. The molecule has 17 heavy (non-hydrogen) atoms. The van der Waals surface area contributed by atoms with Crippen molar-refractivity contribution in [3.8, 4) is 0 Å². The monoisotopic (exact) mass is 298 g/mol. The van der Waals surface area contributed by atoms with Gasteiger partial charge in [0, 0.05) is 35.7 Å². The van der Waals surface area contributed by atoms with Crippen LogP contribution in [-0.2, 0) is 13.5 Å². The van der Waals surface area contributed by atoms with Gasteiger partial charge in [-0.3, -0.25) is 4.68 Å². The molecule has 0 spiro atoms. The molecule has 1 aromatic carbocycles. The van der Waals surface area contributed by atoms with Crippen LogP contribution >= 0.6 is 15.9 Å². The molecule has 0 fully saturated rings. The van der Waals surface area contributed by atoms with E-state index in [-0.39, 0.29) is 5.82 Å². The molecular formula is C11H12BrFN4. The molecule has 6 heteroatoms. The third-order valence-corrected chi connectivity index (χ3v) is 2.93. The van der Waals surface area contributed by atoms with Crippen LogP contribution < -0.4 is 5.73 Å². The van der Waals surface area contributed by atoms with Gasteiger partial charge in [0.25, 0.3) is 0 Å². The zero-order chi connectivity index (χ0) is 12.4. The normalized spacial score (nSPS) is 12.7. The highest BCUT2D eigenvalue weighted by Crippen LogP contribution is 2.21. The Balaban J connectivity index is 2.17. The van der Waals surface area contributed by atoms with Crippen molar-refractivity contribution >= 4 is 15.9 Å². The van der Waals surface area contributed by atoms with Gasteiger partial charge in [-0.05, 0) is 12.1 Å². The van der Waals surface area contributed by atoms with Crippen LogP contribution in [0, 0.1) is 5.82 Å². The molecule has 2 aromatic rings. The number of aryl methyl sites for hydroxylation is 1. The second-order valence-corrected chi connectivity index (χ2v) is 4.78. The van der Waals surface area contributed by atoms with Crippen molar-refractivity contribution in [1.82, 2.24) is 15.0 Å². The first-order valence-electron chi connectivity index (χ1n) is 5.12. The summed E-state index contributed by atoms with van der Waals surface area (Å²) in [7, 11) is 1.78. The number of nitrogens with two attached hydrogens (primary N) is 1. The minimum absolute atomic E-state index is 0.309. The lowest BCUT2D eigenvalue weighted by Crippen LogP contribution is -2.15. The number of nitrogens with zero attached hydrogens (tertiary/aromatic N) is 3. The number of hydrogen-bond donors (Lipinski definition) is 1. The standard InChI is InChI=1S/C11H12BrFN4/c1-17-6-8(15-16-17)5-11(14)9-3-2-7(12)4-10(9)13/h2-4,6,11H,5,14H2,1H3. The Kier molecular flexibility index (Phi) is 3.54. The maximum Gasteiger partial charge on any atom is 0.129 e. The lowest BCUT2D eigenvalue weighted by atomic mass is 10.0. The van der Waals surface area contributed by atoms with Gasteiger partial charge in [-0.25, -0.2) is 4.39 Å². The first-order chi connectivity index (χ1) is 8.06. The molecule has 1 atom stereocenters. The highest BCUT2D eigenvalue weighted by atomic mass is 79.9. The van der Waals surface area contributed by atoms with Gasteiger partial charge in [0.05, 0.1) is 5.69 Å². The fourth-order valence-electron chi connectivity index (χ4n) is 1.63. The Labute approximate surface area is 107 Å². The Bertz CT molecular complexity index is 526. The van der Waals surface area contributed by atoms with Crippen LogP contribution in [0.2, 0.25) is 0 Å². The minimum Gasteiger partial charge on any atom is -0.324 e. The van der Waals surface area contributed by atoms with E-state index in [4.69, 9.17) is 5.73 Å². The number of halogens is 2. The number of hydrogen-bond acceptors (Lipinski definition) is 3. The third kappa shape index (κ3) is 2.89. The van der Waals surface area contributed by atoms with E-state index in [1.165, 1.54) is 6.07 Å². The van der Waals surface area contributed by atoms with Gasteiger partial charge in [0.15, 0.2) is 0 Å². The molecule has 90 valence electrons. The van der Waals surface area contributed by atoms with Crippen LogP contribution in [0.3, 0.4) is 0 Å². The van der Waals surface area contributed by atoms with Crippen LogP contribution in [-0.4, -0.2) is 15.0 Å². The molecule has 1 heterocycles. The van der Waals surface area contributed by atoms with Gasteiger partial charge in [-0.1, -0.05) is 27.2 Å². The second kappa shape index (κ2) is 4.93. The van der Waals surface area contributed by atoms with Crippen molar-refractivity contribution < 1.29 is 4.39 Å². The summed E-state index contributed by atoms with van der Waals surface area (Å²) in [6.45, 7) is 0. The fraction of sp³-hybridized carbons (Fsp3) is 0.273. The molecule has 0 aliphatic rings. The molecule has 1 unspecified atom stereocenters. The summed E-state index contributed by atoms with van der Waals surface area (Å²) in [5.41, 5.74) is 7.19. The first kappa shape index (κ1) is 12.2. The van der Waals surface area contributed by atoms with E-state index in [2.05, 4.69) is 26.2 Å². The average molecular weight is 299 g/mol. The van der Waals surface area contributed by atoms with E-state index in [1.54, 1.807) is 30.1 Å². The van der Waals surface area contributed by atoms with E-state index in [1.807, 2.05) is 0 Å². The Morgan fingerprint density at radius 3 is 2.88 bits per heavy atom. The molecule has 4 nitrogen and oxygen atoms in total. The van der Waals surface area contributed by atoms with Crippen LogP contribution in [0.4, 0.5) is 4.39 Å². The van der Waals surface area contributed by atoms with Crippen molar-refractivity contribution in [1.29, 1.82) is 0 Å². The SMILES string of the molecule is Cn1cc(CC(N)c2ccc(Br)cc2F)nn1. The molecule has 0 aliphatic carbocycles. The number of rotatable bonds is 3. The van der Waals surface area contributed by atoms with Crippen molar-refractivity contribution in [3.05, 3.63) is 45.9 Å². The van der Waals surface area contributed by atoms with Gasteiger partial charge < -0.3 is 5.73 Å². The quantitative estimate of drug-likeness (QED) is 0.942. The molecule has 0 aliphatic heterocycles. The lowest BCUT2D eigenvalue weighted by Gasteiger charge is -2.11. The molecule has 2 rings (SSSR count). The molecule has 0 saturated carbocycles. The summed E-state index contributed by atoms with van der Waals surface area (Å²) in [5, 5.41) is 7.74. The second-order valence-electron chi connectivity index (χ2n) is 3.86. The zero-order valence-electron chi connectivity index (χ0n) is 9.27. The van der Waals surface area contributed by atoms with E-state index in [0.717, 1.165) is 5.69 Å². The topological polar surface area (TPSA) is 56.7 Å². The van der Waals surface area contributed by atoms with Crippen molar-refractivity contribution in [2.24, 2.45) is 12.8 Å².